The molecule has 0 spiro atoms. The molecular weight excluding hydrogens is 394 g/mol. The number of thiazole rings is 1. The molecule has 0 saturated heterocycles. The summed E-state index contributed by atoms with van der Waals surface area (Å²) in [5.41, 5.74) is 2.75. The Balaban J connectivity index is 1.44. The Bertz CT molecular complexity index is 1060. The summed E-state index contributed by atoms with van der Waals surface area (Å²) in [6.45, 7) is 2.13. The van der Waals surface area contributed by atoms with Gasteiger partial charge in [-0.3, -0.25) is 4.79 Å². The molecule has 29 heavy (non-hydrogen) atoms. The normalized spacial score (nSPS) is 18.3. The van der Waals surface area contributed by atoms with Gasteiger partial charge >= 0.3 is 5.97 Å². The van der Waals surface area contributed by atoms with Crippen molar-refractivity contribution in [1.82, 2.24) is 19.7 Å². The second-order valence-electron chi connectivity index (χ2n) is 6.56. The van der Waals surface area contributed by atoms with E-state index in [1.54, 1.807) is 41.4 Å². The van der Waals surface area contributed by atoms with Gasteiger partial charge in [-0.2, -0.15) is 0 Å². The highest BCUT2D eigenvalue weighted by atomic mass is 32.1. The van der Waals surface area contributed by atoms with E-state index in [0.29, 0.717) is 16.9 Å². The summed E-state index contributed by atoms with van der Waals surface area (Å²) < 4.78 is 6.97. The van der Waals surface area contributed by atoms with Crippen molar-refractivity contribution in [2.45, 2.75) is 25.4 Å². The maximum absolute atomic E-state index is 12.6. The smallest absolute Gasteiger partial charge is 0.354 e. The average Bonchev–Trinajstić information content (AvgIpc) is 3.47. The predicted molar refractivity (Wildman–Crippen MR) is 106 cm³/mol. The molecule has 0 bridgehead atoms. The first-order chi connectivity index (χ1) is 14.1. The van der Waals surface area contributed by atoms with Crippen molar-refractivity contribution in [3.63, 3.8) is 0 Å². The fraction of sp³-hybridized carbons (Fsp3) is 0.316. The van der Waals surface area contributed by atoms with Crippen LogP contribution in [0.1, 0.15) is 29.4 Å². The maximum atomic E-state index is 12.6. The lowest BCUT2D eigenvalue weighted by atomic mass is 9.92. The summed E-state index contributed by atoms with van der Waals surface area (Å²) in [6.07, 6.45) is 5.70. The fourth-order valence-corrected chi connectivity index (χ4v) is 3.76. The number of amides is 1. The van der Waals surface area contributed by atoms with Crippen LogP contribution in [0.15, 0.2) is 46.8 Å². The number of fused-ring (bicyclic) bond motifs is 1. The van der Waals surface area contributed by atoms with Gasteiger partial charge in [-0.05, 0) is 19.1 Å². The Morgan fingerprint density at radius 2 is 2.28 bits per heavy atom. The molecule has 0 aromatic carbocycles. The Labute approximate surface area is 170 Å². The molecule has 4 heterocycles. The Hall–Kier alpha value is -3.27. The lowest BCUT2D eigenvalue weighted by Crippen LogP contribution is -2.43. The fourth-order valence-electron chi connectivity index (χ4n) is 3.20. The summed E-state index contributed by atoms with van der Waals surface area (Å²) in [6, 6.07) is 3.48. The Kier molecular flexibility index (Phi) is 5.26. The third-order valence-corrected chi connectivity index (χ3v) is 5.19. The second kappa shape index (κ2) is 8.00. The van der Waals surface area contributed by atoms with E-state index in [1.165, 1.54) is 11.3 Å². The van der Waals surface area contributed by atoms with Gasteiger partial charge in [0.05, 0.1) is 35.6 Å². The van der Waals surface area contributed by atoms with E-state index in [9.17, 15) is 9.59 Å². The number of nitrogens with zero attached hydrogens (tertiary/aromatic N) is 4. The molecule has 10 heteroatoms. The minimum atomic E-state index is -1.26. The van der Waals surface area contributed by atoms with Crippen molar-refractivity contribution in [2.24, 2.45) is 5.16 Å². The molecule has 3 aromatic heterocycles. The first-order valence-electron chi connectivity index (χ1n) is 9.09. The highest BCUT2D eigenvalue weighted by molar-refractivity contribution is 7.07. The molecule has 4 rings (SSSR count). The molecule has 0 fully saturated rings. The lowest BCUT2D eigenvalue weighted by molar-refractivity contribution is -0.169. The van der Waals surface area contributed by atoms with E-state index in [-0.39, 0.29) is 31.9 Å². The largest absolute Gasteiger partial charge is 0.463 e. The van der Waals surface area contributed by atoms with Crippen LogP contribution in [0, 0.1) is 0 Å². The molecule has 0 radical (unpaired) electrons. The topological polar surface area (TPSA) is 107 Å². The molecule has 150 valence electrons. The van der Waals surface area contributed by atoms with Gasteiger partial charge in [0.25, 0.3) is 5.91 Å². The SMILES string of the molecule is CCOC(=O)C1(Cc2cscn2)CC(CNC(=O)c2cccn3ccnc23)=NO1. The van der Waals surface area contributed by atoms with Crippen LogP contribution >= 0.6 is 11.3 Å². The number of hydrogen-bond acceptors (Lipinski definition) is 8. The number of nitrogens with one attached hydrogen (secondary N) is 1. The van der Waals surface area contributed by atoms with Crippen molar-refractivity contribution < 1.29 is 19.2 Å². The van der Waals surface area contributed by atoms with Gasteiger partial charge in [0.1, 0.15) is 5.65 Å². The van der Waals surface area contributed by atoms with Gasteiger partial charge in [-0.1, -0.05) is 5.16 Å². The van der Waals surface area contributed by atoms with E-state index in [2.05, 4.69) is 20.4 Å². The van der Waals surface area contributed by atoms with Crippen LogP contribution in [0.2, 0.25) is 0 Å². The van der Waals surface area contributed by atoms with Crippen LogP contribution in [0.5, 0.6) is 0 Å². The Morgan fingerprint density at radius 3 is 3.07 bits per heavy atom. The van der Waals surface area contributed by atoms with Crippen molar-refractivity contribution in [2.75, 3.05) is 13.2 Å². The molecule has 1 N–H and O–H groups in total. The zero-order chi connectivity index (χ0) is 20.3. The summed E-state index contributed by atoms with van der Waals surface area (Å²) in [5, 5.41) is 8.73. The molecule has 3 aromatic rings. The van der Waals surface area contributed by atoms with E-state index >= 15 is 0 Å². The van der Waals surface area contributed by atoms with Gasteiger partial charge in [-0.25, -0.2) is 14.8 Å². The van der Waals surface area contributed by atoms with Gasteiger partial charge in [0, 0.05) is 36.8 Å². The molecule has 1 amide bonds. The van der Waals surface area contributed by atoms with Crippen molar-refractivity contribution in [3.05, 3.63) is 52.9 Å². The minimum Gasteiger partial charge on any atom is -0.463 e. The first kappa shape index (κ1) is 19.1. The molecule has 1 aliphatic heterocycles. The number of pyridine rings is 1. The molecule has 1 atom stereocenters. The van der Waals surface area contributed by atoms with Gasteiger partial charge in [0.2, 0.25) is 5.60 Å². The zero-order valence-corrected chi connectivity index (χ0v) is 16.5. The Morgan fingerprint density at radius 1 is 1.38 bits per heavy atom. The highest BCUT2D eigenvalue weighted by Gasteiger charge is 2.48. The van der Waals surface area contributed by atoms with E-state index in [4.69, 9.17) is 9.57 Å². The number of aromatic nitrogens is 3. The number of carbonyl (C=O) groups excluding carboxylic acids is 2. The molecule has 1 aliphatic rings. The van der Waals surface area contributed by atoms with Gasteiger partial charge in [0.15, 0.2) is 0 Å². The van der Waals surface area contributed by atoms with Gasteiger partial charge < -0.3 is 19.3 Å². The van der Waals surface area contributed by atoms with Crippen LogP contribution in [0.3, 0.4) is 0 Å². The summed E-state index contributed by atoms with van der Waals surface area (Å²) in [5.74, 6) is -0.766. The monoisotopic (exact) mass is 413 g/mol. The third kappa shape index (κ3) is 3.83. The number of hydrogen-bond donors (Lipinski definition) is 1. The maximum Gasteiger partial charge on any atom is 0.354 e. The standard InChI is InChI=1S/C19H19N5O4S/c1-2-27-18(26)19(9-14-11-29-12-22-14)8-13(23-28-19)10-21-17(25)15-4-3-6-24-7-5-20-16(15)24/h3-7,11-12H,2,8-10H2,1H3,(H,21,25). The van der Waals surface area contributed by atoms with Crippen LogP contribution < -0.4 is 5.32 Å². The highest BCUT2D eigenvalue weighted by Crippen LogP contribution is 2.30. The van der Waals surface area contributed by atoms with Crippen LogP contribution in [-0.4, -0.2) is 50.7 Å². The predicted octanol–water partition coefficient (Wildman–Crippen LogP) is 1.84. The second-order valence-corrected chi connectivity index (χ2v) is 7.28. The molecule has 9 nitrogen and oxygen atoms in total. The van der Waals surface area contributed by atoms with Crippen LogP contribution in [0.4, 0.5) is 0 Å². The van der Waals surface area contributed by atoms with Crippen LogP contribution in [-0.2, 0) is 20.8 Å². The lowest BCUT2D eigenvalue weighted by Gasteiger charge is -2.23. The quantitative estimate of drug-likeness (QED) is 0.592. The van der Waals surface area contributed by atoms with E-state index in [0.717, 1.165) is 5.69 Å². The molecular formula is C19H19N5O4S. The first-order valence-corrected chi connectivity index (χ1v) is 10.0. The number of oxime groups is 1. The zero-order valence-electron chi connectivity index (χ0n) is 15.7. The number of carbonyl (C=O) groups is 2. The van der Waals surface area contributed by atoms with Crippen LogP contribution in [0.25, 0.3) is 5.65 Å². The molecule has 1 unspecified atom stereocenters. The number of esters is 1. The van der Waals surface area contributed by atoms with E-state index < -0.39 is 11.6 Å². The van der Waals surface area contributed by atoms with Gasteiger partial charge in [-0.15, -0.1) is 11.3 Å². The summed E-state index contributed by atoms with van der Waals surface area (Å²) in [4.78, 5) is 39.2. The number of rotatable bonds is 7. The molecule has 0 aliphatic carbocycles. The van der Waals surface area contributed by atoms with Crippen molar-refractivity contribution >= 4 is 34.6 Å². The summed E-state index contributed by atoms with van der Waals surface area (Å²) in [7, 11) is 0. The molecule has 0 saturated carbocycles. The number of ether oxygens (including phenoxy) is 1. The van der Waals surface area contributed by atoms with Crippen molar-refractivity contribution in [1.29, 1.82) is 0 Å². The number of imidazole rings is 1. The minimum absolute atomic E-state index is 0.152. The average molecular weight is 413 g/mol. The van der Waals surface area contributed by atoms with Crippen molar-refractivity contribution in [3.8, 4) is 0 Å². The van der Waals surface area contributed by atoms with E-state index in [1.807, 2.05) is 11.6 Å². The third-order valence-electron chi connectivity index (χ3n) is 4.55. The summed E-state index contributed by atoms with van der Waals surface area (Å²) >= 11 is 1.44.